The Labute approximate surface area is 145 Å². The van der Waals surface area contributed by atoms with E-state index in [1.165, 1.54) is 23.6 Å². The second kappa shape index (κ2) is 10.5. The standard InChI is InChI=1S/C14H16FN3OS.2ClH/c1-2-16-7-8-17-13(19)12-9-18-14(20-12)10-5-3-4-6-11(10)15;;/h3-6,9,16H,2,7-8H2,1H3,(H,17,19);2*1H. The maximum absolute atomic E-state index is 13.6. The zero-order chi connectivity index (χ0) is 14.4. The summed E-state index contributed by atoms with van der Waals surface area (Å²) in [5, 5.41) is 6.42. The molecule has 0 bridgehead atoms. The Kier molecular flexibility index (Phi) is 9.93. The molecule has 8 heteroatoms. The number of likely N-dealkylation sites (N-methyl/N-ethyl adjacent to an activating group) is 1. The Hall–Kier alpha value is -1.21. The van der Waals surface area contributed by atoms with Crippen LogP contribution >= 0.6 is 36.2 Å². The molecule has 0 saturated heterocycles. The molecule has 0 aliphatic carbocycles. The monoisotopic (exact) mass is 365 g/mol. The third-order valence-electron chi connectivity index (χ3n) is 2.67. The molecule has 0 aliphatic rings. The number of amides is 1. The molecular formula is C14H18Cl2FN3OS. The molecule has 1 aromatic carbocycles. The molecule has 1 heterocycles. The molecule has 2 N–H and O–H groups in total. The first-order valence-corrected chi connectivity index (χ1v) is 7.23. The van der Waals surface area contributed by atoms with Crippen molar-refractivity contribution in [2.45, 2.75) is 6.92 Å². The first-order valence-electron chi connectivity index (χ1n) is 6.42. The molecule has 2 rings (SSSR count). The largest absolute Gasteiger partial charge is 0.350 e. The van der Waals surface area contributed by atoms with Crippen molar-refractivity contribution in [3.05, 3.63) is 41.2 Å². The summed E-state index contributed by atoms with van der Waals surface area (Å²) in [6.07, 6.45) is 1.48. The van der Waals surface area contributed by atoms with Crippen LogP contribution in [0.5, 0.6) is 0 Å². The number of carbonyl (C=O) groups excluding carboxylic acids is 1. The van der Waals surface area contributed by atoms with E-state index < -0.39 is 0 Å². The fourth-order valence-corrected chi connectivity index (χ4v) is 2.53. The molecule has 0 radical (unpaired) electrons. The number of hydrogen-bond donors (Lipinski definition) is 2. The van der Waals surface area contributed by atoms with Gasteiger partial charge in [0.25, 0.3) is 5.91 Å². The lowest BCUT2D eigenvalue weighted by Crippen LogP contribution is -2.31. The van der Waals surface area contributed by atoms with Crippen molar-refractivity contribution >= 4 is 42.1 Å². The van der Waals surface area contributed by atoms with Crippen LogP contribution in [-0.4, -0.2) is 30.5 Å². The summed E-state index contributed by atoms with van der Waals surface area (Å²) in [5.74, 6) is -0.510. The minimum absolute atomic E-state index is 0. The van der Waals surface area contributed by atoms with Crippen LogP contribution in [0.4, 0.5) is 4.39 Å². The average molecular weight is 366 g/mol. The van der Waals surface area contributed by atoms with Gasteiger partial charge in [-0.05, 0) is 18.7 Å². The number of rotatable bonds is 6. The van der Waals surface area contributed by atoms with E-state index in [0.29, 0.717) is 22.0 Å². The Bertz CT molecular complexity index is 595. The second-order valence-electron chi connectivity index (χ2n) is 4.12. The highest BCUT2D eigenvalue weighted by atomic mass is 35.5. The van der Waals surface area contributed by atoms with Gasteiger partial charge in [0, 0.05) is 18.7 Å². The van der Waals surface area contributed by atoms with Crippen molar-refractivity contribution in [2.24, 2.45) is 0 Å². The third-order valence-corrected chi connectivity index (χ3v) is 3.70. The van der Waals surface area contributed by atoms with Gasteiger partial charge in [-0.25, -0.2) is 9.37 Å². The molecule has 0 unspecified atom stereocenters. The van der Waals surface area contributed by atoms with Crippen LogP contribution in [0.2, 0.25) is 0 Å². The summed E-state index contributed by atoms with van der Waals surface area (Å²) in [4.78, 5) is 16.5. The molecule has 22 heavy (non-hydrogen) atoms. The van der Waals surface area contributed by atoms with Gasteiger partial charge in [-0.15, -0.1) is 36.2 Å². The van der Waals surface area contributed by atoms with Crippen LogP contribution in [0.1, 0.15) is 16.6 Å². The van der Waals surface area contributed by atoms with Gasteiger partial charge >= 0.3 is 0 Å². The van der Waals surface area contributed by atoms with Gasteiger partial charge in [-0.2, -0.15) is 0 Å². The van der Waals surface area contributed by atoms with Crippen molar-refractivity contribution in [3.63, 3.8) is 0 Å². The highest BCUT2D eigenvalue weighted by molar-refractivity contribution is 7.16. The Morgan fingerprint density at radius 2 is 2.00 bits per heavy atom. The molecule has 2 aromatic rings. The summed E-state index contributed by atoms with van der Waals surface area (Å²) in [6, 6.07) is 6.41. The Morgan fingerprint density at radius 1 is 1.27 bits per heavy atom. The summed E-state index contributed by atoms with van der Waals surface area (Å²) in [5.41, 5.74) is 0.421. The summed E-state index contributed by atoms with van der Waals surface area (Å²) in [7, 11) is 0. The van der Waals surface area contributed by atoms with E-state index in [9.17, 15) is 9.18 Å². The fraction of sp³-hybridized carbons (Fsp3) is 0.286. The smallest absolute Gasteiger partial charge is 0.263 e. The predicted octanol–water partition coefficient (Wildman–Crippen LogP) is 3.13. The normalized spacial score (nSPS) is 9.55. The van der Waals surface area contributed by atoms with Gasteiger partial charge in [-0.1, -0.05) is 19.1 Å². The molecule has 0 spiro atoms. The van der Waals surface area contributed by atoms with E-state index >= 15 is 0 Å². The zero-order valence-electron chi connectivity index (χ0n) is 12.0. The van der Waals surface area contributed by atoms with Gasteiger partial charge in [0.15, 0.2) is 0 Å². The van der Waals surface area contributed by atoms with Crippen molar-refractivity contribution in [2.75, 3.05) is 19.6 Å². The van der Waals surface area contributed by atoms with E-state index in [1.54, 1.807) is 18.2 Å². The lowest BCUT2D eigenvalue weighted by molar-refractivity contribution is 0.0958. The zero-order valence-corrected chi connectivity index (χ0v) is 14.4. The summed E-state index contributed by atoms with van der Waals surface area (Å²) >= 11 is 1.19. The van der Waals surface area contributed by atoms with E-state index in [1.807, 2.05) is 6.92 Å². The number of thiazole rings is 1. The van der Waals surface area contributed by atoms with Crippen LogP contribution in [0, 0.1) is 5.82 Å². The quantitative estimate of drug-likeness (QED) is 0.773. The predicted molar refractivity (Wildman–Crippen MR) is 92.9 cm³/mol. The first kappa shape index (κ1) is 20.8. The number of aromatic nitrogens is 1. The number of nitrogens with zero attached hydrogens (tertiary/aromatic N) is 1. The number of benzene rings is 1. The van der Waals surface area contributed by atoms with Crippen LogP contribution < -0.4 is 10.6 Å². The first-order chi connectivity index (χ1) is 9.72. The highest BCUT2D eigenvalue weighted by Gasteiger charge is 2.13. The van der Waals surface area contributed by atoms with E-state index in [4.69, 9.17) is 0 Å². The van der Waals surface area contributed by atoms with Gasteiger partial charge in [0.1, 0.15) is 15.7 Å². The lowest BCUT2D eigenvalue weighted by atomic mass is 10.2. The fourth-order valence-electron chi connectivity index (χ4n) is 1.67. The lowest BCUT2D eigenvalue weighted by Gasteiger charge is -2.03. The average Bonchev–Trinajstić information content (AvgIpc) is 2.93. The van der Waals surface area contributed by atoms with Crippen molar-refractivity contribution < 1.29 is 9.18 Å². The maximum Gasteiger partial charge on any atom is 0.263 e. The van der Waals surface area contributed by atoms with Crippen LogP contribution in [0.15, 0.2) is 30.5 Å². The van der Waals surface area contributed by atoms with E-state index in [-0.39, 0.29) is 36.5 Å². The van der Waals surface area contributed by atoms with Crippen molar-refractivity contribution in [3.8, 4) is 10.6 Å². The molecule has 0 saturated carbocycles. The third kappa shape index (κ3) is 5.53. The molecular weight excluding hydrogens is 348 g/mol. The van der Waals surface area contributed by atoms with Crippen molar-refractivity contribution in [1.82, 2.24) is 15.6 Å². The van der Waals surface area contributed by atoms with Crippen LogP contribution in [0.3, 0.4) is 0 Å². The van der Waals surface area contributed by atoms with Gasteiger partial charge in [0.05, 0.1) is 6.20 Å². The molecule has 1 amide bonds. The number of halogens is 3. The number of nitrogens with one attached hydrogen (secondary N) is 2. The molecule has 0 aliphatic heterocycles. The maximum atomic E-state index is 13.6. The van der Waals surface area contributed by atoms with E-state index in [0.717, 1.165) is 13.1 Å². The topological polar surface area (TPSA) is 54.0 Å². The molecule has 4 nitrogen and oxygen atoms in total. The SMILES string of the molecule is CCNCCNC(=O)c1cnc(-c2ccccc2F)s1.Cl.Cl. The van der Waals surface area contributed by atoms with Gasteiger partial charge in [-0.3, -0.25) is 4.79 Å². The number of hydrogen-bond acceptors (Lipinski definition) is 4. The summed E-state index contributed by atoms with van der Waals surface area (Å²) in [6.45, 7) is 4.15. The van der Waals surface area contributed by atoms with Crippen molar-refractivity contribution in [1.29, 1.82) is 0 Å². The highest BCUT2D eigenvalue weighted by Crippen LogP contribution is 2.27. The number of carbonyl (C=O) groups is 1. The minimum Gasteiger partial charge on any atom is -0.350 e. The Morgan fingerprint density at radius 3 is 2.68 bits per heavy atom. The molecule has 0 atom stereocenters. The van der Waals surface area contributed by atoms with Crippen LogP contribution in [0.25, 0.3) is 10.6 Å². The Balaban J connectivity index is 0.00000220. The molecule has 1 aromatic heterocycles. The van der Waals surface area contributed by atoms with Gasteiger partial charge in [0.2, 0.25) is 0 Å². The molecule has 0 fully saturated rings. The second-order valence-corrected chi connectivity index (χ2v) is 5.15. The van der Waals surface area contributed by atoms with E-state index in [2.05, 4.69) is 15.6 Å². The van der Waals surface area contributed by atoms with Gasteiger partial charge < -0.3 is 10.6 Å². The summed E-state index contributed by atoms with van der Waals surface area (Å²) < 4.78 is 13.6. The van der Waals surface area contributed by atoms with Crippen LogP contribution in [-0.2, 0) is 0 Å². The molecule has 122 valence electrons. The minimum atomic E-state index is -0.332.